The van der Waals surface area contributed by atoms with Gasteiger partial charge in [0, 0.05) is 19.2 Å². The topological polar surface area (TPSA) is 23.5 Å². The molecule has 0 heterocycles. The van der Waals surface area contributed by atoms with E-state index < -0.39 is 0 Å². The molecule has 2 unspecified atom stereocenters. The van der Waals surface area contributed by atoms with Crippen molar-refractivity contribution in [3.8, 4) is 0 Å². The van der Waals surface area contributed by atoms with Gasteiger partial charge in [-0.2, -0.15) is 0 Å². The van der Waals surface area contributed by atoms with Crippen molar-refractivity contribution in [2.45, 2.75) is 52.0 Å². The zero-order valence-corrected chi connectivity index (χ0v) is 10.6. The average Bonchev–Trinajstić information content (AvgIpc) is 2.61. The standard InChI is InChI=1S/C13H27NO/c1-11(2)10-12-6-4-7-13(12)14(3)8-5-9-15/h11-13,15H,4-10H2,1-3H3. The van der Waals surface area contributed by atoms with Crippen molar-refractivity contribution in [2.75, 3.05) is 20.2 Å². The van der Waals surface area contributed by atoms with E-state index in [1.165, 1.54) is 25.7 Å². The van der Waals surface area contributed by atoms with Crippen LogP contribution in [-0.2, 0) is 0 Å². The fraction of sp³-hybridized carbons (Fsp3) is 1.00. The minimum atomic E-state index is 0.325. The normalized spacial score (nSPS) is 26.8. The maximum absolute atomic E-state index is 8.84. The Balaban J connectivity index is 2.37. The number of rotatable bonds is 6. The molecule has 0 aliphatic heterocycles. The Bertz CT molecular complexity index is 170. The van der Waals surface area contributed by atoms with Gasteiger partial charge in [-0.1, -0.05) is 20.3 Å². The van der Waals surface area contributed by atoms with Gasteiger partial charge in [0.25, 0.3) is 0 Å². The van der Waals surface area contributed by atoms with E-state index in [0.29, 0.717) is 6.61 Å². The molecular weight excluding hydrogens is 186 g/mol. The predicted octanol–water partition coefficient (Wildman–Crippen LogP) is 2.52. The molecule has 1 fully saturated rings. The molecule has 1 aliphatic carbocycles. The molecule has 90 valence electrons. The fourth-order valence-electron chi connectivity index (χ4n) is 2.96. The molecule has 1 N–H and O–H groups in total. The van der Waals surface area contributed by atoms with Crippen molar-refractivity contribution in [3.05, 3.63) is 0 Å². The van der Waals surface area contributed by atoms with Gasteiger partial charge in [-0.05, 0) is 44.6 Å². The van der Waals surface area contributed by atoms with Gasteiger partial charge < -0.3 is 10.0 Å². The zero-order valence-electron chi connectivity index (χ0n) is 10.6. The largest absolute Gasteiger partial charge is 0.396 e. The van der Waals surface area contributed by atoms with Crippen molar-refractivity contribution < 1.29 is 5.11 Å². The molecule has 0 aromatic carbocycles. The first-order chi connectivity index (χ1) is 7.15. The quantitative estimate of drug-likeness (QED) is 0.733. The number of hydrogen-bond acceptors (Lipinski definition) is 2. The third-order valence-corrected chi connectivity index (χ3v) is 3.63. The van der Waals surface area contributed by atoms with Crippen LogP contribution in [-0.4, -0.2) is 36.2 Å². The van der Waals surface area contributed by atoms with E-state index in [0.717, 1.165) is 30.8 Å². The molecular formula is C13H27NO. The second-order valence-electron chi connectivity index (χ2n) is 5.45. The summed E-state index contributed by atoms with van der Waals surface area (Å²) in [5.41, 5.74) is 0. The van der Waals surface area contributed by atoms with E-state index in [2.05, 4.69) is 25.8 Å². The lowest BCUT2D eigenvalue weighted by atomic mass is 9.92. The highest BCUT2D eigenvalue weighted by molar-refractivity contribution is 4.84. The van der Waals surface area contributed by atoms with Crippen LogP contribution >= 0.6 is 0 Å². The minimum absolute atomic E-state index is 0.325. The van der Waals surface area contributed by atoms with Crippen molar-refractivity contribution >= 4 is 0 Å². The predicted molar refractivity (Wildman–Crippen MR) is 64.9 cm³/mol. The van der Waals surface area contributed by atoms with Crippen LogP contribution in [0.4, 0.5) is 0 Å². The van der Waals surface area contributed by atoms with Crippen LogP contribution in [0.2, 0.25) is 0 Å². The Morgan fingerprint density at radius 1 is 1.33 bits per heavy atom. The average molecular weight is 213 g/mol. The monoisotopic (exact) mass is 213 g/mol. The first kappa shape index (κ1) is 13.0. The van der Waals surface area contributed by atoms with Crippen molar-refractivity contribution in [2.24, 2.45) is 11.8 Å². The molecule has 0 saturated heterocycles. The Morgan fingerprint density at radius 3 is 2.67 bits per heavy atom. The number of aliphatic hydroxyl groups excluding tert-OH is 1. The molecule has 0 aromatic rings. The van der Waals surface area contributed by atoms with Crippen molar-refractivity contribution in [1.82, 2.24) is 4.90 Å². The lowest BCUT2D eigenvalue weighted by Gasteiger charge is -2.30. The van der Waals surface area contributed by atoms with E-state index in [1.54, 1.807) is 0 Å². The number of nitrogens with zero attached hydrogens (tertiary/aromatic N) is 1. The smallest absolute Gasteiger partial charge is 0.0443 e. The molecule has 2 heteroatoms. The maximum atomic E-state index is 8.84. The van der Waals surface area contributed by atoms with Gasteiger partial charge in [0.1, 0.15) is 0 Å². The van der Waals surface area contributed by atoms with Crippen LogP contribution in [0.25, 0.3) is 0 Å². The lowest BCUT2D eigenvalue weighted by Crippen LogP contribution is -2.36. The van der Waals surface area contributed by atoms with Crippen molar-refractivity contribution in [1.29, 1.82) is 0 Å². The van der Waals surface area contributed by atoms with Crippen LogP contribution in [0.3, 0.4) is 0 Å². The molecule has 1 rings (SSSR count). The molecule has 0 aromatic heterocycles. The van der Waals surface area contributed by atoms with Gasteiger partial charge in [0.15, 0.2) is 0 Å². The Labute approximate surface area is 94.7 Å². The van der Waals surface area contributed by atoms with Crippen LogP contribution in [0, 0.1) is 11.8 Å². The maximum Gasteiger partial charge on any atom is 0.0443 e. The summed E-state index contributed by atoms with van der Waals surface area (Å²) >= 11 is 0. The summed E-state index contributed by atoms with van der Waals surface area (Å²) < 4.78 is 0. The minimum Gasteiger partial charge on any atom is -0.396 e. The van der Waals surface area contributed by atoms with Crippen LogP contribution in [0.15, 0.2) is 0 Å². The summed E-state index contributed by atoms with van der Waals surface area (Å²) in [5.74, 6) is 1.72. The van der Waals surface area contributed by atoms with Gasteiger partial charge in [-0.15, -0.1) is 0 Å². The molecule has 2 nitrogen and oxygen atoms in total. The highest BCUT2D eigenvalue weighted by atomic mass is 16.3. The summed E-state index contributed by atoms with van der Waals surface area (Å²) in [4.78, 5) is 2.47. The van der Waals surface area contributed by atoms with E-state index in [-0.39, 0.29) is 0 Å². The zero-order chi connectivity index (χ0) is 11.3. The van der Waals surface area contributed by atoms with Gasteiger partial charge in [-0.25, -0.2) is 0 Å². The Morgan fingerprint density at radius 2 is 2.07 bits per heavy atom. The van der Waals surface area contributed by atoms with Crippen molar-refractivity contribution in [3.63, 3.8) is 0 Å². The van der Waals surface area contributed by atoms with E-state index in [4.69, 9.17) is 5.11 Å². The molecule has 0 radical (unpaired) electrons. The van der Waals surface area contributed by atoms with E-state index in [9.17, 15) is 0 Å². The molecule has 0 bridgehead atoms. The third-order valence-electron chi connectivity index (χ3n) is 3.63. The Kier molecular flexibility index (Phi) is 5.62. The molecule has 15 heavy (non-hydrogen) atoms. The molecule has 1 saturated carbocycles. The highest BCUT2D eigenvalue weighted by Crippen LogP contribution is 2.33. The van der Waals surface area contributed by atoms with Gasteiger partial charge in [-0.3, -0.25) is 0 Å². The first-order valence-corrected chi connectivity index (χ1v) is 6.46. The lowest BCUT2D eigenvalue weighted by molar-refractivity contribution is 0.165. The van der Waals surface area contributed by atoms with Gasteiger partial charge >= 0.3 is 0 Å². The summed E-state index contributed by atoms with van der Waals surface area (Å²) in [6, 6.07) is 0.777. The van der Waals surface area contributed by atoms with E-state index in [1.807, 2.05) is 0 Å². The SMILES string of the molecule is CC(C)CC1CCCC1N(C)CCCO. The van der Waals surface area contributed by atoms with Crippen LogP contribution < -0.4 is 0 Å². The van der Waals surface area contributed by atoms with E-state index >= 15 is 0 Å². The number of aliphatic hydroxyl groups is 1. The van der Waals surface area contributed by atoms with Crippen LogP contribution in [0.1, 0.15) is 46.0 Å². The van der Waals surface area contributed by atoms with Gasteiger partial charge in [0.2, 0.25) is 0 Å². The summed E-state index contributed by atoms with van der Waals surface area (Å²) in [5, 5.41) is 8.84. The van der Waals surface area contributed by atoms with Crippen LogP contribution in [0.5, 0.6) is 0 Å². The Hall–Kier alpha value is -0.0800. The first-order valence-electron chi connectivity index (χ1n) is 6.46. The molecule has 0 spiro atoms. The highest BCUT2D eigenvalue weighted by Gasteiger charge is 2.30. The van der Waals surface area contributed by atoms with Gasteiger partial charge in [0.05, 0.1) is 0 Å². The second-order valence-corrected chi connectivity index (χ2v) is 5.45. The summed E-state index contributed by atoms with van der Waals surface area (Å²) in [6.07, 6.45) is 6.45. The molecule has 2 atom stereocenters. The summed E-state index contributed by atoms with van der Waals surface area (Å²) in [6.45, 7) is 6.02. The third kappa shape index (κ3) is 4.12. The number of hydrogen-bond donors (Lipinski definition) is 1. The fourth-order valence-corrected chi connectivity index (χ4v) is 2.96. The molecule has 1 aliphatic rings. The molecule has 0 amide bonds. The second kappa shape index (κ2) is 6.49. The summed E-state index contributed by atoms with van der Waals surface area (Å²) in [7, 11) is 2.22.